The molecule has 0 N–H and O–H groups in total. The van der Waals surface area contributed by atoms with Gasteiger partial charge in [0.25, 0.3) is 0 Å². The van der Waals surface area contributed by atoms with Crippen LogP contribution in [0.5, 0.6) is 0 Å². The Hall–Kier alpha value is 0.0169. The molecular formula is C37H62Si2Zr. The van der Waals surface area contributed by atoms with Crippen LogP contribution >= 0.6 is 0 Å². The second kappa shape index (κ2) is 16.8. The first-order valence-corrected chi connectivity index (χ1v) is 21.9. The number of fused-ring (bicyclic) bond motifs is 3. The second-order valence-electron chi connectivity index (χ2n) is 13.6. The van der Waals surface area contributed by atoms with E-state index in [2.05, 4.69) is 62.5 Å². The monoisotopic (exact) mass is 652 g/mol. The number of hydrogen-bond donors (Lipinski definition) is 0. The first kappa shape index (κ1) is 38.0. The molecule has 3 heteroatoms. The molecule has 0 amide bonds. The molecule has 0 aromatic heterocycles. The fraction of sp³-hybridized carbons (Fsp3) is 0.622. The minimum atomic E-state index is -0.621. The number of hydrogen-bond acceptors (Lipinski definition) is 0. The van der Waals surface area contributed by atoms with E-state index in [-0.39, 0.29) is 55.9 Å². The predicted octanol–water partition coefficient (Wildman–Crippen LogP) is 11.1. The van der Waals surface area contributed by atoms with Crippen LogP contribution in [0, 0.1) is 59.3 Å². The quantitative estimate of drug-likeness (QED) is 0.206. The number of unbranched alkanes of at least 4 members (excludes halogenated alkanes) is 1. The zero-order valence-electron chi connectivity index (χ0n) is 27.3. The van der Waals surface area contributed by atoms with E-state index in [1.165, 1.54) is 55.0 Å². The maximum Gasteiger partial charge on any atom is 4.00 e. The van der Waals surface area contributed by atoms with E-state index >= 15 is 0 Å². The maximum atomic E-state index is 2.89. The van der Waals surface area contributed by atoms with Crippen LogP contribution < -0.4 is 0 Å². The standard InChI is InChI=1S/C33H50Si2.4CH3.Zr/c1-4-5-10-23-17-18-26(21-23)34(2)35(3)32-20-19-30-31(32)22-25-13-9-15-28(25)33(30)29-16-8-12-24-11-6-7-14-27(24)29;;;;;/h6-8,11-12,14,16,23,25-26,28,30-35H,4-5,9-10,13,15,17-22H2,1-3H3;4*1H3;/q;4*-1;+4. The molecule has 0 radical (unpaired) electrons. The van der Waals surface area contributed by atoms with Gasteiger partial charge in [-0.25, -0.2) is 0 Å². The Kier molecular flexibility index (Phi) is 15.9. The third-order valence-electron chi connectivity index (χ3n) is 12.1. The van der Waals surface area contributed by atoms with E-state index < -0.39 is 16.6 Å². The molecule has 0 saturated heterocycles. The van der Waals surface area contributed by atoms with Crippen LogP contribution in [0.15, 0.2) is 42.5 Å². The van der Waals surface area contributed by atoms with Gasteiger partial charge in [0.1, 0.15) is 0 Å². The molecule has 0 bridgehead atoms. The van der Waals surface area contributed by atoms with E-state index in [1.807, 2.05) is 0 Å². The molecule has 2 aromatic rings. The molecule has 0 heterocycles. The van der Waals surface area contributed by atoms with Gasteiger partial charge in [-0.05, 0) is 76.6 Å². The molecule has 0 spiro atoms. The zero-order chi connectivity index (χ0) is 23.9. The van der Waals surface area contributed by atoms with Gasteiger partial charge in [-0.1, -0.05) is 126 Å². The summed E-state index contributed by atoms with van der Waals surface area (Å²) >= 11 is 0. The molecule has 4 saturated carbocycles. The second-order valence-corrected chi connectivity index (χ2v) is 25.1. The van der Waals surface area contributed by atoms with Crippen molar-refractivity contribution in [1.82, 2.24) is 0 Å². The molecule has 10 unspecified atom stereocenters. The van der Waals surface area contributed by atoms with Crippen molar-refractivity contribution in [2.24, 2.45) is 29.6 Å². The van der Waals surface area contributed by atoms with Gasteiger partial charge in [-0.15, -0.1) is 0 Å². The summed E-state index contributed by atoms with van der Waals surface area (Å²) in [7, 11) is -1.19. The van der Waals surface area contributed by atoms with Crippen molar-refractivity contribution >= 4 is 27.4 Å². The molecule has 2 aromatic carbocycles. The van der Waals surface area contributed by atoms with Gasteiger partial charge in [0.05, 0.1) is 0 Å². The summed E-state index contributed by atoms with van der Waals surface area (Å²) in [5, 5.41) is 3.05. The molecule has 0 aliphatic heterocycles. The first-order chi connectivity index (χ1) is 17.2. The molecule has 4 aliphatic rings. The van der Waals surface area contributed by atoms with Crippen molar-refractivity contribution in [1.29, 1.82) is 0 Å². The molecule has 4 aliphatic carbocycles. The van der Waals surface area contributed by atoms with Crippen LogP contribution in [0.3, 0.4) is 0 Å². The van der Waals surface area contributed by atoms with Crippen LogP contribution in [0.1, 0.15) is 95.5 Å². The van der Waals surface area contributed by atoms with Crippen LogP contribution in [0.2, 0.25) is 24.2 Å². The fourth-order valence-corrected chi connectivity index (χ4v) is 22.8. The summed E-state index contributed by atoms with van der Waals surface area (Å²) in [4.78, 5) is 0. The van der Waals surface area contributed by atoms with Gasteiger partial charge in [-0.3, -0.25) is 0 Å². The average Bonchev–Trinajstić information content (AvgIpc) is 3.64. The van der Waals surface area contributed by atoms with Crippen molar-refractivity contribution in [3.8, 4) is 0 Å². The van der Waals surface area contributed by atoms with Crippen molar-refractivity contribution in [2.75, 3.05) is 0 Å². The van der Waals surface area contributed by atoms with E-state index in [0.717, 1.165) is 35.5 Å². The summed E-state index contributed by atoms with van der Waals surface area (Å²) in [6.45, 7) is 8.12. The van der Waals surface area contributed by atoms with Gasteiger partial charge in [0.15, 0.2) is 0 Å². The van der Waals surface area contributed by atoms with Crippen LogP contribution in [0.4, 0.5) is 0 Å². The molecule has 0 nitrogen and oxygen atoms in total. The molecular weight excluding hydrogens is 592 g/mol. The van der Waals surface area contributed by atoms with Gasteiger partial charge >= 0.3 is 26.2 Å². The summed E-state index contributed by atoms with van der Waals surface area (Å²) in [6.07, 6.45) is 18.5. The Morgan fingerprint density at radius 1 is 0.725 bits per heavy atom. The van der Waals surface area contributed by atoms with Gasteiger partial charge in [-0.2, -0.15) is 0 Å². The van der Waals surface area contributed by atoms with Gasteiger partial charge in [0, 0.05) is 16.6 Å². The molecule has 40 heavy (non-hydrogen) atoms. The van der Waals surface area contributed by atoms with Crippen molar-refractivity contribution in [3.05, 3.63) is 77.7 Å². The predicted molar refractivity (Wildman–Crippen MR) is 184 cm³/mol. The van der Waals surface area contributed by atoms with Crippen molar-refractivity contribution < 1.29 is 26.2 Å². The maximum absolute atomic E-state index is 2.89. The molecule has 10 atom stereocenters. The molecule has 4 fully saturated rings. The summed E-state index contributed by atoms with van der Waals surface area (Å²) in [5.41, 5.74) is 4.12. The van der Waals surface area contributed by atoms with Crippen molar-refractivity contribution in [2.45, 2.75) is 114 Å². The number of rotatable bonds is 7. The Morgan fingerprint density at radius 2 is 1.48 bits per heavy atom. The third kappa shape index (κ3) is 7.21. The number of benzene rings is 2. The van der Waals surface area contributed by atoms with E-state index in [1.54, 1.807) is 49.5 Å². The summed E-state index contributed by atoms with van der Waals surface area (Å²) in [5.74, 6) is 6.01. The molecule has 6 rings (SSSR count). The topological polar surface area (TPSA) is 0 Å². The van der Waals surface area contributed by atoms with Crippen LogP contribution in [-0.4, -0.2) is 16.6 Å². The Bertz CT molecular complexity index is 1000. The van der Waals surface area contributed by atoms with E-state index in [9.17, 15) is 0 Å². The van der Waals surface area contributed by atoms with Crippen LogP contribution in [-0.2, 0) is 26.2 Å². The normalized spacial score (nSPS) is 33.6. The van der Waals surface area contributed by atoms with Crippen molar-refractivity contribution in [3.63, 3.8) is 0 Å². The summed E-state index contributed by atoms with van der Waals surface area (Å²) < 4.78 is 0. The summed E-state index contributed by atoms with van der Waals surface area (Å²) in [6, 6.07) is 16.6. The minimum absolute atomic E-state index is 0. The van der Waals surface area contributed by atoms with Crippen LogP contribution in [0.25, 0.3) is 10.8 Å². The van der Waals surface area contributed by atoms with Gasteiger partial charge in [0.2, 0.25) is 0 Å². The first-order valence-electron chi connectivity index (χ1n) is 15.6. The Balaban J connectivity index is 0.00000160. The zero-order valence-corrected chi connectivity index (χ0v) is 32.1. The van der Waals surface area contributed by atoms with Gasteiger partial charge < -0.3 is 29.7 Å². The Morgan fingerprint density at radius 3 is 2.25 bits per heavy atom. The largest absolute Gasteiger partial charge is 4.00 e. The van der Waals surface area contributed by atoms with E-state index in [0.29, 0.717) is 0 Å². The third-order valence-corrected chi connectivity index (χ3v) is 26.1. The molecule has 222 valence electrons. The van der Waals surface area contributed by atoms with E-state index in [4.69, 9.17) is 0 Å². The smallest absolute Gasteiger partial charge is 0.358 e. The fourth-order valence-electron chi connectivity index (χ4n) is 10.2. The Labute approximate surface area is 273 Å². The average molecular weight is 654 g/mol. The SMILES string of the molecule is CCCCC1CCC([SiH](C)[SiH](C)C2CCC3C2CC2CCCC2C3c2cccc3ccccc23)C1.[CH3-].[CH3-].[CH3-].[CH3-].[Zr+4]. The minimum Gasteiger partial charge on any atom is -0.358 e.